The summed E-state index contributed by atoms with van der Waals surface area (Å²) in [6.07, 6.45) is 0. The van der Waals surface area contributed by atoms with Crippen molar-refractivity contribution in [2.45, 2.75) is 32.4 Å². The van der Waals surface area contributed by atoms with Gasteiger partial charge < -0.3 is 20.3 Å². The molecule has 0 aliphatic carbocycles. The normalized spacial score (nSPS) is 22.4. The van der Waals surface area contributed by atoms with Gasteiger partial charge in [0.05, 0.1) is 12.1 Å². The van der Waals surface area contributed by atoms with Crippen LogP contribution in [-0.4, -0.2) is 87.9 Å². The van der Waals surface area contributed by atoms with Crippen molar-refractivity contribution in [3.8, 4) is 0 Å². The number of guanidine groups is 1. The van der Waals surface area contributed by atoms with Crippen LogP contribution in [-0.2, 0) is 4.74 Å². The van der Waals surface area contributed by atoms with E-state index in [-0.39, 0.29) is 5.60 Å². The third-order valence-electron chi connectivity index (χ3n) is 4.00. The minimum absolute atomic E-state index is 0.232. The molecule has 0 saturated carbocycles. The van der Waals surface area contributed by atoms with E-state index in [0.29, 0.717) is 12.6 Å². The monoisotopic (exact) mass is 299 g/mol. The summed E-state index contributed by atoms with van der Waals surface area (Å²) in [5.41, 5.74) is -0.232. The quantitative estimate of drug-likeness (QED) is 0.542. The molecule has 0 aromatic rings. The zero-order valence-corrected chi connectivity index (χ0v) is 14.6. The standard InChI is InChI=1S/C15H33N5O/c1-7-16-14(18-12-15(2,3)21-6)17-10-13-11-19(4)8-9-20(13)5/h13H,7-12H2,1-6H3,(H2,16,17,18). The van der Waals surface area contributed by atoms with E-state index in [4.69, 9.17) is 4.74 Å². The Morgan fingerprint density at radius 1 is 1.29 bits per heavy atom. The number of likely N-dealkylation sites (N-methyl/N-ethyl adjacent to an activating group) is 2. The first-order chi connectivity index (χ1) is 9.88. The lowest BCUT2D eigenvalue weighted by atomic mass is 10.1. The fraction of sp³-hybridized carbons (Fsp3) is 0.933. The van der Waals surface area contributed by atoms with Gasteiger partial charge in [0.15, 0.2) is 5.96 Å². The van der Waals surface area contributed by atoms with Crippen molar-refractivity contribution in [1.82, 2.24) is 20.4 Å². The average molecular weight is 299 g/mol. The van der Waals surface area contributed by atoms with Crippen LogP contribution in [0.4, 0.5) is 0 Å². The molecule has 1 aliphatic heterocycles. The Morgan fingerprint density at radius 3 is 2.62 bits per heavy atom. The van der Waals surface area contributed by atoms with Crippen LogP contribution in [0.15, 0.2) is 4.99 Å². The van der Waals surface area contributed by atoms with Gasteiger partial charge in [-0.25, -0.2) is 0 Å². The van der Waals surface area contributed by atoms with Crippen molar-refractivity contribution in [2.24, 2.45) is 4.99 Å². The van der Waals surface area contributed by atoms with Crippen molar-refractivity contribution in [2.75, 3.05) is 60.5 Å². The molecule has 2 N–H and O–H groups in total. The number of hydrogen-bond donors (Lipinski definition) is 2. The lowest BCUT2D eigenvalue weighted by Gasteiger charge is -2.38. The number of piperazine rings is 1. The molecule has 1 aliphatic rings. The minimum Gasteiger partial charge on any atom is -0.377 e. The summed E-state index contributed by atoms with van der Waals surface area (Å²) < 4.78 is 5.41. The maximum absolute atomic E-state index is 5.41. The van der Waals surface area contributed by atoms with E-state index in [0.717, 1.165) is 38.7 Å². The van der Waals surface area contributed by atoms with Gasteiger partial charge in [-0.3, -0.25) is 9.89 Å². The van der Waals surface area contributed by atoms with Crippen molar-refractivity contribution < 1.29 is 4.74 Å². The number of nitrogens with zero attached hydrogens (tertiary/aromatic N) is 3. The summed E-state index contributed by atoms with van der Waals surface area (Å²) >= 11 is 0. The molecule has 1 saturated heterocycles. The molecule has 0 aromatic carbocycles. The van der Waals surface area contributed by atoms with Gasteiger partial charge in [0, 0.05) is 45.9 Å². The highest BCUT2D eigenvalue weighted by molar-refractivity contribution is 5.79. The van der Waals surface area contributed by atoms with Crippen molar-refractivity contribution in [3.63, 3.8) is 0 Å². The van der Waals surface area contributed by atoms with Crippen LogP contribution in [0.2, 0.25) is 0 Å². The van der Waals surface area contributed by atoms with Crippen LogP contribution >= 0.6 is 0 Å². The van der Waals surface area contributed by atoms with Gasteiger partial charge in [-0.1, -0.05) is 0 Å². The van der Waals surface area contributed by atoms with E-state index in [2.05, 4.69) is 46.4 Å². The first-order valence-corrected chi connectivity index (χ1v) is 7.84. The molecule has 0 amide bonds. The summed E-state index contributed by atoms with van der Waals surface area (Å²) in [6.45, 7) is 11.9. The van der Waals surface area contributed by atoms with E-state index in [1.54, 1.807) is 7.11 Å². The number of ether oxygens (including phenoxy) is 1. The van der Waals surface area contributed by atoms with Gasteiger partial charge in [-0.2, -0.15) is 0 Å². The topological polar surface area (TPSA) is 52.1 Å². The Kier molecular flexibility index (Phi) is 7.42. The SMILES string of the molecule is CCNC(=NCC(C)(C)OC)NCC1CN(C)CCN1C. The molecule has 1 unspecified atom stereocenters. The Bertz CT molecular complexity index is 332. The molecule has 6 heteroatoms. The van der Waals surface area contributed by atoms with Crippen molar-refractivity contribution in [3.05, 3.63) is 0 Å². The molecular weight excluding hydrogens is 266 g/mol. The number of hydrogen-bond acceptors (Lipinski definition) is 4. The van der Waals surface area contributed by atoms with E-state index >= 15 is 0 Å². The van der Waals surface area contributed by atoms with E-state index in [9.17, 15) is 0 Å². The summed E-state index contributed by atoms with van der Waals surface area (Å²) in [5.74, 6) is 0.865. The van der Waals surface area contributed by atoms with Gasteiger partial charge in [-0.05, 0) is 34.9 Å². The van der Waals surface area contributed by atoms with Gasteiger partial charge in [0.2, 0.25) is 0 Å². The molecule has 1 fully saturated rings. The summed E-state index contributed by atoms with van der Waals surface area (Å²) in [5, 5.41) is 6.75. The van der Waals surface area contributed by atoms with Gasteiger partial charge in [0.25, 0.3) is 0 Å². The van der Waals surface area contributed by atoms with E-state index in [1.165, 1.54) is 0 Å². The van der Waals surface area contributed by atoms with Crippen molar-refractivity contribution >= 4 is 5.96 Å². The highest BCUT2D eigenvalue weighted by Gasteiger charge is 2.22. The number of rotatable bonds is 6. The predicted octanol–water partition coefficient (Wildman–Crippen LogP) is 0.212. The van der Waals surface area contributed by atoms with Gasteiger partial charge in [-0.15, -0.1) is 0 Å². The van der Waals surface area contributed by atoms with Crippen molar-refractivity contribution in [1.29, 1.82) is 0 Å². The fourth-order valence-electron chi connectivity index (χ4n) is 2.21. The Balaban J connectivity index is 2.52. The molecule has 1 atom stereocenters. The minimum atomic E-state index is -0.232. The molecule has 6 nitrogen and oxygen atoms in total. The molecule has 1 rings (SSSR count). The maximum Gasteiger partial charge on any atom is 0.191 e. The molecule has 0 aromatic heterocycles. The Labute approximate surface area is 129 Å². The summed E-state index contributed by atoms with van der Waals surface area (Å²) in [4.78, 5) is 9.41. The second kappa shape index (κ2) is 8.56. The van der Waals surface area contributed by atoms with E-state index in [1.807, 2.05) is 13.8 Å². The maximum atomic E-state index is 5.41. The third kappa shape index (κ3) is 6.63. The van der Waals surface area contributed by atoms with Crippen LogP contribution < -0.4 is 10.6 Å². The molecule has 0 spiro atoms. The van der Waals surface area contributed by atoms with Gasteiger partial charge >= 0.3 is 0 Å². The van der Waals surface area contributed by atoms with Gasteiger partial charge in [0.1, 0.15) is 0 Å². The number of nitrogens with one attached hydrogen (secondary N) is 2. The van der Waals surface area contributed by atoms with Crippen LogP contribution in [0.1, 0.15) is 20.8 Å². The molecule has 1 heterocycles. The number of aliphatic imine (C=N–C) groups is 1. The largest absolute Gasteiger partial charge is 0.377 e. The van der Waals surface area contributed by atoms with Crippen LogP contribution in [0, 0.1) is 0 Å². The fourth-order valence-corrected chi connectivity index (χ4v) is 2.21. The lowest BCUT2D eigenvalue weighted by Crippen LogP contribution is -2.55. The average Bonchev–Trinajstić information content (AvgIpc) is 2.45. The highest BCUT2D eigenvalue weighted by atomic mass is 16.5. The smallest absolute Gasteiger partial charge is 0.191 e. The summed E-state index contributed by atoms with van der Waals surface area (Å²) in [6, 6.07) is 0.517. The van der Waals surface area contributed by atoms with Crippen LogP contribution in [0.5, 0.6) is 0 Å². The predicted molar refractivity (Wildman–Crippen MR) is 89.0 cm³/mol. The third-order valence-corrected chi connectivity index (χ3v) is 4.00. The van der Waals surface area contributed by atoms with Crippen LogP contribution in [0.3, 0.4) is 0 Å². The highest BCUT2D eigenvalue weighted by Crippen LogP contribution is 2.07. The molecule has 124 valence electrons. The Morgan fingerprint density at radius 2 is 2.00 bits per heavy atom. The zero-order valence-electron chi connectivity index (χ0n) is 14.6. The molecular formula is C15H33N5O. The molecule has 0 bridgehead atoms. The summed E-state index contributed by atoms with van der Waals surface area (Å²) in [7, 11) is 6.10. The lowest BCUT2D eigenvalue weighted by molar-refractivity contribution is 0.0310. The zero-order chi connectivity index (χ0) is 15.9. The first-order valence-electron chi connectivity index (χ1n) is 7.84. The van der Waals surface area contributed by atoms with E-state index < -0.39 is 0 Å². The molecule has 21 heavy (non-hydrogen) atoms. The van der Waals surface area contributed by atoms with Crippen LogP contribution in [0.25, 0.3) is 0 Å². The first kappa shape index (κ1) is 18.2. The Hall–Kier alpha value is -0.850. The number of methoxy groups -OCH3 is 1. The molecule has 0 radical (unpaired) electrons. The second-order valence-corrected chi connectivity index (χ2v) is 6.44. The second-order valence-electron chi connectivity index (χ2n) is 6.44.